The summed E-state index contributed by atoms with van der Waals surface area (Å²) in [4.78, 5) is 33.2. The number of rotatable bonds is 8. The number of aryl methyl sites for hydroxylation is 2. The summed E-state index contributed by atoms with van der Waals surface area (Å²) in [7, 11) is 0. The van der Waals surface area contributed by atoms with E-state index in [1.165, 1.54) is 16.2 Å². The molecule has 7 nitrogen and oxygen atoms in total. The molecule has 3 aromatic rings. The van der Waals surface area contributed by atoms with Gasteiger partial charge < -0.3 is 14.6 Å². The van der Waals surface area contributed by atoms with E-state index in [9.17, 15) is 14.7 Å². The Balaban J connectivity index is 1.85. The lowest BCUT2D eigenvalue weighted by molar-refractivity contribution is -0.117. The highest BCUT2D eigenvalue weighted by atomic mass is 32.1. The van der Waals surface area contributed by atoms with Gasteiger partial charge in [0, 0.05) is 11.8 Å². The van der Waals surface area contributed by atoms with E-state index in [0.717, 1.165) is 5.01 Å². The number of ketones is 1. The molecule has 8 heteroatoms. The predicted octanol–water partition coefficient (Wildman–Crippen LogP) is 5.34. The van der Waals surface area contributed by atoms with E-state index in [1.54, 1.807) is 55.5 Å². The van der Waals surface area contributed by atoms with Crippen molar-refractivity contribution in [1.29, 1.82) is 0 Å². The smallest absolute Gasteiger partial charge is 0.294 e. The minimum Gasteiger partial charge on any atom is -0.503 e. The summed E-state index contributed by atoms with van der Waals surface area (Å²) < 4.78 is 11.2. The van der Waals surface area contributed by atoms with Crippen molar-refractivity contribution >= 4 is 28.7 Å². The van der Waals surface area contributed by atoms with Gasteiger partial charge in [0.1, 0.15) is 11.5 Å². The number of ether oxygens (including phenoxy) is 2. The first-order chi connectivity index (χ1) is 16.3. The van der Waals surface area contributed by atoms with E-state index in [1.807, 2.05) is 20.8 Å². The van der Waals surface area contributed by atoms with Crippen LogP contribution in [-0.2, 0) is 4.79 Å². The molecule has 2 heterocycles. The number of amides is 1. The Hall–Kier alpha value is -3.65. The Morgan fingerprint density at radius 1 is 1.06 bits per heavy atom. The number of aromatic nitrogens is 1. The molecule has 0 aliphatic carbocycles. The molecule has 1 aliphatic heterocycles. The lowest BCUT2D eigenvalue weighted by Gasteiger charge is -2.27. The first-order valence-electron chi connectivity index (χ1n) is 11.1. The Bertz CT molecular complexity index is 1260. The van der Waals surface area contributed by atoms with Gasteiger partial charge in [-0.25, -0.2) is 4.98 Å². The summed E-state index contributed by atoms with van der Waals surface area (Å²) in [6, 6.07) is 13.4. The van der Waals surface area contributed by atoms with E-state index in [0.29, 0.717) is 46.5 Å². The average molecular weight is 479 g/mol. The van der Waals surface area contributed by atoms with E-state index < -0.39 is 23.5 Å². The predicted molar refractivity (Wildman–Crippen MR) is 131 cm³/mol. The van der Waals surface area contributed by atoms with Crippen LogP contribution in [-0.4, -0.2) is 35.0 Å². The van der Waals surface area contributed by atoms with Gasteiger partial charge in [0.15, 0.2) is 5.76 Å². The van der Waals surface area contributed by atoms with Gasteiger partial charge in [-0.2, -0.15) is 0 Å². The molecule has 0 saturated heterocycles. The second-order valence-corrected chi connectivity index (χ2v) is 8.95. The molecule has 1 amide bonds. The molecule has 0 radical (unpaired) electrons. The van der Waals surface area contributed by atoms with Crippen molar-refractivity contribution in [3.05, 3.63) is 81.0 Å². The fourth-order valence-electron chi connectivity index (χ4n) is 4.09. The molecule has 0 bridgehead atoms. The molecule has 4 rings (SSSR count). The van der Waals surface area contributed by atoms with Gasteiger partial charge in [0.05, 0.1) is 40.4 Å². The van der Waals surface area contributed by atoms with Crippen LogP contribution in [0.2, 0.25) is 0 Å². The average Bonchev–Trinajstić information content (AvgIpc) is 3.30. The normalized spacial score (nSPS) is 15.7. The molecule has 0 saturated carbocycles. The highest BCUT2D eigenvalue weighted by Gasteiger charge is 2.45. The topological polar surface area (TPSA) is 89.0 Å². The third kappa shape index (κ3) is 4.28. The maximum atomic E-state index is 13.7. The zero-order chi connectivity index (χ0) is 24.4. The van der Waals surface area contributed by atoms with Crippen molar-refractivity contribution < 1.29 is 24.2 Å². The van der Waals surface area contributed by atoms with Crippen LogP contribution < -0.4 is 14.4 Å². The molecule has 2 aromatic carbocycles. The zero-order valence-corrected chi connectivity index (χ0v) is 20.3. The zero-order valence-electron chi connectivity index (χ0n) is 19.5. The molecule has 1 N–H and O–H groups in total. The van der Waals surface area contributed by atoms with Crippen LogP contribution >= 0.6 is 11.3 Å². The van der Waals surface area contributed by atoms with E-state index >= 15 is 0 Å². The number of aliphatic hydroxyl groups excluding tert-OH is 1. The number of thiazole rings is 1. The minimum atomic E-state index is -0.825. The largest absolute Gasteiger partial charge is 0.503 e. The SMILES string of the molecule is CCOc1ccc(C2C(C(=O)c3sc(C)nc3C)=C(O)C(=O)N2c2cccc(OCC)c2)cc1. The Kier molecular flexibility index (Phi) is 6.70. The molecular weight excluding hydrogens is 452 g/mol. The van der Waals surface area contributed by atoms with Gasteiger partial charge in [-0.15, -0.1) is 11.3 Å². The Morgan fingerprint density at radius 2 is 1.74 bits per heavy atom. The molecule has 1 aliphatic rings. The van der Waals surface area contributed by atoms with Gasteiger partial charge in [-0.3, -0.25) is 14.5 Å². The summed E-state index contributed by atoms with van der Waals surface area (Å²) in [5.74, 6) is -0.343. The molecular formula is C26H26N2O5S. The fraction of sp³-hybridized carbons (Fsp3) is 0.269. The van der Waals surface area contributed by atoms with Crippen molar-refractivity contribution in [2.45, 2.75) is 33.7 Å². The number of anilines is 1. The molecule has 34 heavy (non-hydrogen) atoms. The quantitative estimate of drug-likeness (QED) is 0.440. The van der Waals surface area contributed by atoms with Crippen LogP contribution in [0.1, 0.15) is 45.8 Å². The van der Waals surface area contributed by atoms with Crippen LogP contribution in [0, 0.1) is 13.8 Å². The lowest BCUT2D eigenvalue weighted by Crippen LogP contribution is -2.31. The standard InChI is InChI=1S/C26H26N2O5S/c1-5-32-19-12-10-17(11-13-19)22-21(23(29)25-15(3)27-16(4)34-25)24(30)26(31)28(22)18-8-7-9-20(14-18)33-6-2/h7-14,22,30H,5-6H2,1-4H3. The fourth-order valence-corrected chi connectivity index (χ4v) is 4.96. The maximum Gasteiger partial charge on any atom is 0.294 e. The number of Topliss-reactive ketones (excluding diaryl/α,β-unsaturated/α-hetero) is 1. The molecule has 1 atom stereocenters. The summed E-state index contributed by atoms with van der Waals surface area (Å²) in [5, 5.41) is 11.7. The van der Waals surface area contributed by atoms with Gasteiger partial charge in [0.2, 0.25) is 5.78 Å². The summed E-state index contributed by atoms with van der Waals surface area (Å²) >= 11 is 1.25. The van der Waals surface area contributed by atoms with Gasteiger partial charge in [-0.1, -0.05) is 18.2 Å². The van der Waals surface area contributed by atoms with Gasteiger partial charge in [0.25, 0.3) is 5.91 Å². The lowest BCUT2D eigenvalue weighted by atomic mass is 9.94. The molecule has 0 fully saturated rings. The van der Waals surface area contributed by atoms with Gasteiger partial charge >= 0.3 is 0 Å². The molecule has 1 aromatic heterocycles. The third-order valence-corrected chi connectivity index (χ3v) is 6.55. The maximum absolute atomic E-state index is 13.7. The van der Waals surface area contributed by atoms with E-state index in [-0.39, 0.29) is 5.57 Å². The van der Waals surface area contributed by atoms with Crippen molar-refractivity contribution in [2.75, 3.05) is 18.1 Å². The second-order valence-electron chi connectivity index (χ2n) is 7.75. The molecule has 176 valence electrons. The summed E-state index contributed by atoms with van der Waals surface area (Å²) in [6.07, 6.45) is 0. The van der Waals surface area contributed by atoms with Gasteiger partial charge in [-0.05, 0) is 57.5 Å². The molecule has 0 spiro atoms. The van der Waals surface area contributed by atoms with Crippen LogP contribution in [0.25, 0.3) is 0 Å². The van der Waals surface area contributed by atoms with E-state index in [4.69, 9.17) is 9.47 Å². The summed E-state index contributed by atoms with van der Waals surface area (Å²) in [5.41, 5.74) is 1.79. The Morgan fingerprint density at radius 3 is 2.35 bits per heavy atom. The van der Waals surface area contributed by atoms with E-state index in [2.05, 4.69) is 4.98 Å². The van der Waals surface area contributed by atoms with Crippen molar-refractivity contribution in [3.63, 3.8) is 0 Å². The van der Waals surface area contributed by atoms with Crippen LogP contribution in [0.3, 0.4) is 0 Å². The van der Waals surface area contributed by atoms with Crippen LogP contribution in [0.5, 0.6) is 11.5 Å². The Labute approximate surface area is 202 Å². The minimum absolute atomic E-state index is 0.0303. The third-order valence-electron chi connectivity index (χ3n) is 5.48. The van der Waals surface area contributed by atoms with Crippen molar-refractivity contribution in [3.8, 4) is 11.5 Å². The first kappa shape index (κ1) is 23.5. The number of carbonyl (C=O) groups is 2. The van der Waals surface area contributed by atoms with Crippen LogP contribution in [0.15, 0.2) is 59.9 Å². The second kappa shape index (κ2) is 9.69. The summed E-state index contributed by atoms with van der Waals surface area (Å²) in [6.45, 7) is 8.33. The number of benzene rings is 2. The number of hydrogen-bond acceptors (Lipinski definition) is 7. The highest BCUT2D eigenvalue weighted by Crippen LogP contribution is 2.43. The van der Waals surface area contributed by atoms with Crippen molar-refractivity contribution in [2.24, 2.45) is 0 Å². The first-order valence-corrected chi connectivity index (χ1v) is 11.9. The molecule has 1 unspecified atom stereocenters. The van der Waals surface area contributed by atoms with Crippen LogP contribution in [0.4, 0.5) is 5.69 Å². The number of carbonyl (C=O) groups excluding carboxylic acids is 2. The number of hydrogen-bond donors (Lipinski definition) is 1. The number of aliphatic hydroxyl groups is 1. The van der Waals surface area contributed by atoms with Crippen molar-refractivity contribution in [1.82, 2.24) is 4.98 Å². The highest BCUT2D eigenvalue weighted by molar-refractivity contribution is 7.14. The monoisotopic (exact) mass is 478 g/mol. The number of nitrogens with zero attached hydrogens (tertiary/aromatic N) is 2.